The van der Waals surface area contributed by atoms with Gasteiger partial charge in [-0.3, -0.25) is 80.9 Å². The first-order valence-corrected chi connectivity index (χ1v) is 26.5. The lowest BCUT2D eigenvalue weighted by atomic mass is 9.70. The van der Waals surface area contributed by atoms with E-state index < -0.39 is 47.3 Å². The molecule has 13 fully saturated rings. The second-order valence-electron chi connectivity index (χ2n) is 24.2. The molecule has 16 unspecified atom stereocenters. The quantitative estimate of drug-likeness (QED) is 0.105. The van der Waals surface area contributed by atoms with E-state index in [0.29, 0.717) is 51.4 Å². The van der Waals surface area contributed by atoms with Crippen LogP contribution in [0.3, 0.4) is 0 Å². The molecular formula is C48H72N16O8. The standard InChI is InChI=1S/C48H72N16O8/c1-57-25-9-17-18(10-26(25)58(2)42(66)41(57)65)34-49-33(17)53-35-19-11-27-28(60(4)44(68)43(67)59(27)3)12-20(19)37(50-35)55-39-23-15-31-32(64(8)48(72)47(71)63(31)7)16-24(23)40(52-39)56-38-22-14-30-29(13-21(22)36(51-38)54-34)61(5)45(69)46(70)62(30)6/h17-40,49-56H,9-16H2,1-8H3. The maximum atomic E-state index is 13.4. The van der Waals surface area contributed by atoms with Gasteiger partial charge in [-0.25, -0.2) is 0 Å². The Morgan fingerprint density at radius 2 is 0.319 bits per heavy atom. The summed E-state index contributed by atoms with van der Waals surface area (Å²) in [4.78, 5) is 120. The van der Waals surface area contributed by atoms with Gasteiger partial charge in [0, 0.05) is 56.4 Å². The van der Waals surface area contributed by atoms with Crippen LogP contribution in [0.2, 0.25) is 0 Å². The summed E-state index contributed by atoms with van der Waals surface area (Å²) in [6, 6.07) is -1.43. The molecule has 9 aliphatic heterocycles. The highest BCUT2D eigenvalue weighted by molar-refractivity contribution is 6.37. The first kappa shape index (κ1) is 47.2. The van der Waals surface area contributed by atoms with Crippen LogP contribution in [-0.4, -0.2) is 240 Å². The molecule has 72 heavy (non-hydrogen) atoms. The molecule has 0 radical (unpaired) electrons. The molecule has 0 aromatic rings. The second kappa shape index (κ2) is 16.5. The summed E-state index contributed by atoms with van der Waals surface area (Å²) in [7, 11) is 14.0. The van der Waals surface area contributed by atoms with E-state index in [1.807, 2.05) is 0 Å². The van der Waals surface area contributed by atoms with Gasteiger partial charge >= 0.3 is 47.3 Å². The molecule has 0 aromatic carbocycles. The minimum atomic E-state index is -0.497. The van der Waals surface area contributed by atoms with Crippen molar-refractivity contribution in [2.24, 2.45) is 47.3 Å². The van der Waals surface area contributed by atoms with Gasteiger partial charge in [-0.1, -0.05) is 0 Å². The van der Waals surface area contributed by atoms with Crippen molar-refractivity contribution in [3.8, 4) is 0 Å². The third-order valence-electron chi connectivity index (χ3n) is 21.7. The van der Waals surface area contributed by atoms with E-state index in [1.165, 1.54) is 0 Å². The summed E-state index contributed by atoms with van der Waals surface area (Å²) in [6.07, 6.45) is 3.49. The number of rotatable bonds is 0. The number of hydrogen-bond acceptors (Lipinski definition) is 16. The van der Waals surface area contributed by atoms with Gasteiger partial charge in [0.2, 0.25) is 0 Å². The predicted octanol–water partition coefficient (Wildman–Crippen LogP) is -5.84. The first-order chi connectivity index (χ1) is 34.3. The summed E-state index contributed by atoms with van der Waals surface area (Å²) >= 11 is 0. The molecule has 4 saturated carbocycles. The molecule has 8 N–H and O–H groups in total. The fourth-order valence-corrected chi connectivity index (χ4v) is 17.6. The number of fused-ring (bicyclic) bond motifs is 24. The van der Waals surface area contributed by atoms with Gasteiger partial charge in [-0.2, -0.15) is 0 Å². The molecule has 24 heteroatoms. The number of nitrogens with one attached hydrogen (secondary N) is 8. The molecule has 24 nitrogen and oxygen atoms in total. The first-order valence-electron chi connectivity index (χ1n) is 26.5. The zero-order chi connectivity index (χ0) is 50.4. The van der Waals surface area contributed by atoms with Crippen LogP contribution in [0.4, 0.5) is 0 Å². The lowest BCUT2D eigenvalue weighted by molar-refractivity contribution is -0.163. The van der Waals surface area contributed by atoms with Crippen LogP contribution in [0.5, 0.6) is 0 Å². The molecule has 13 rings (SSSR count). The molecule has 392 valence electrons. The van der Waals surface area contributed by atoms with Crippen molar-refractivity contribution in [1.29, 1.82) is 0 Å². The van der Waals surface area contributed by atoms with E-state index in [0.717, 1.165) is 0 Å². The molecule has 0 aromatic heterocycles. The van der Waals surface area contributed by atoms with Gasteiger partial charge in [-0.05, 0) is 98.7 Å². The summed E-state index contributed by atoms with van der Waals surface area (Å²) < 4.78 is 0. The highest BCUT2D eigenvalue weighted by Gasteiger charge is 2.63. The Bertz CT molecular complexity index is 1930. The second-order valence-corrected chi connectivity index (χ2v) is 24.2. The van der Waals surface area contributed by atoms with Crippen molar-refractivity contribution in [3.05, 3.63) is 0 Å². The molecule has 4 aliphatic carbocycles. The maximum Gasteiger partial charge on any atom is 0.312 e. The summed E-state index contributed by atoms with van der Waals surface area (Å²) in [5, 5.41) is 32.7. The van der Waals surface area contributed by atoms with E-state index in [-0.39, 0.29) is 145 Å². The van der Waals surface area contributed by atoms with Crippen LogP contribution in [-0.2, 0) is 38.4 Å². The van der Waals surface area contributed by atoms with E-state index >= 15 is 0 Å². The number of carbonyl (C=O) groups is 8. The van der Waals surface area contributed by atoms with Crippen LogP contribution < -0.4 is 42.5 Å². The average molecular weight is 1000 g/mol. The van der Waals surface area contributed by atoms with Crippen molar-refractivity contribution in [3.63, 3.8) is 0 Å². The lowest BCUT2D eigenvalue weighted by Gasteiger charge is -2.52. The van der Waals surface area contributed by atoms with Crippen LogP contribution in [0.1, 0.15) is 51.4 Å². The zero-order valence-corrected chi connectivity index (χ0v) is 42.4. The number of likely N-dealkylation sites (N-methyl/N-ethyl adjacent to an activating group) is 8. The van der Waals surface area contributed by atoms with Gasteiger partial charge < -0.3 is 39.2 Å². The Kier molecular flexibility index (Phi) is 10.8. The average Bonchev–Trinajstić information content (AvgIpc) is 4.11. The molecule has 8 amide bonds. The summed E-state index contributed by atoms with van der Waals surface area (Å²) in [6.45, 7) is 0. The van der Waals surface area contributed by atoms with Crippen molar-refractivity contribution in [1.82, 2.24) is 81.7 Å². The Balaban J connectivity index is 0.895. The topological polar surface area (TPSA) is 259 Å². The molecule has 8 bridgehead atoms. The monoisotopic (exact) mass is 1000 g/mol. The predicted molar refractivity (Wildman–Crippen MR) is 253 cm³/mol. The fourth-order valence-electron chi connectivity index (χ4n) is 17.6. The molecule has 13 aliphatic rings. The molecule has 9 heterocycles. The third kappa shape index (κ3) is 6.57. The third-order valence-corrected chi connectivity index (χ3v) is 21.7. The number of carbonyl (C=O) groups excluding carboxylic acids is 8. The SMILES string of the molecule is CN1C(=O)C(=O)N(C)C2CC3C4NC(NC5NC(NC6NC(NC7NC(N4)C4CC8C(CC74)N(C)C(=O)C(=O)N8C)C4CC7C(CC64)N(C)C(=O)C(=O)N7C)C4CC6C(CC54)N(C)C(=O)C(=O)N6C)C3CC21. The fraction of sp³-hybridized carbons (Fsp3) is 0.833. The molecule has 0 spiro atoms. The van der Waals surface area contributed by atoms with Crippen LogP contribution in [0.15, 0.2) is 0 Å². The summed E-state index contributed by atoms with van der Waals surface area (Å²) in [5.41, 5.74) is 0. The molecule has 9 saturated heterocycles. The van der Waals surface area contributed by atoms with Crippen molar-refractivity contribution in [2.75, 3.05) is 56.4 Å². The van der Waals surface area contributed by atoms with Crippen molar-refractivity contribution < 1.29 is 38.4 Å². The van der Waals surface area contributed by atoms with Crippen LogP contribution in [0.25, 0.3) is 0 Å². The lowest BCUT2D eigenvalue weighted by Crippen LogP contribution is -2.67. The van der Waals surface area contributed by atoms with E-state index in [9.17, 15) is 38.4 Å². The highest BCUT2D eigenvalue weighted by atomic mass is 16.2. The maximum absolute atomic E-state index is 13.4. The van der Waals surface area contributed by atoms with Gasteiger partial charge in [0.1, 0.15) is 0 Å². The van der Waals surface area contributed by atoms with Gasteiger partial charge in [0.05, 0.1) is 97.7 Å². The Hall–Kier alpha value is -4.56. The van der Waals surface area contributed by atoms with E-state index in [1.54, 1.807) is 95.6 Å². The number of hydrogen-bond donors (Lipinski definition) is 8. The minimum absolute atomic E-state index is 0.0417. The minimum Gasteiger partial charge on any atom is -0.332 e. The van der Waals surface area contributed by atoms with Gasteiger partial charge in [0.25, 0.3) is 0 Å². The van der Waals surface area contributed by atoms with E-state index in [4.69, 9.17) is 0 Å². The largest absolute Gasteiger partial charge is 0.332 e. The Morgan fingerprint density at radius 3 is 0.417 bits per heavy atom. The Morgan fingerprint density at radius 1 is 0.222 bits per heavy atom. The zero-order valence-electron chi connectivity index (χ0n) is 42.4. The molecule has 16 atom stereocenters. The summed E-state index contributed by atoms with van der Waals surface area (Å²) in [5.74, 6) is -3.64. The highest BCUT2D eigenvalue weighted by Crippen LogP contribution is 2.50. The number of nitrogens with zero attached hydrogens (tertiary/aromatic N) is 8. The van der Waals surface area contributed by atoms with Gasteiger partial charge in [0.15, 0.2) is 0 Å². The van der Waals surface area contributed by atoms with E-state index in [2.05, 4.69) is 42.5 Å². The number of amides is 8. The van der Waals surface area contributed by atoms with Crippen LogP contribution >= 0.6 is 0 Å². The number of piperazine rings is 4. The Labute approximate surface area is 419 Å². The van der Waals surface area contributed by atoms with Crippen molar-refractivity contribution >= 4 is 47.3 Å². The molecular weight excluding hydrogens is 929 g/mol. The van der Waals surface area contributed by atoms with Crippen LogP contribution in [0, 0.1) is 47.3 Å². The van der Waals surface area contributed by atoms with Crippen molar-refractivity contribution in [2.45, 2.75) is 149 Å². The smallest absolute Gasteiger partial charge is 0.312 e. The normalized spacial score (nSPS) is 49.9. The van der Waals surface area contributed by atoms with Gasteiger partial charge in [-0.15, -0.1) is 0 Å².